The Morgan fingerprint density at radius 1 is 1.24 bits per heavy atom. The van der Waals surface area contributed by atoms with E-state index in [-0.39, 0.29) is 18.4 Å². The summed E-state index contributed by atoms with van der Waals surface area (Å²) >= 11 is 6.20. The minimum atomic E-state index is -0.471. The fourth-order valence-corrected chi connectivity index (χ4v) is 3.90. The van der Waals surface area contributed by atoms with Gasteiger partial charge in [0, 0.05) is 35.1 Å². The van der Waals surface area contributed by atoms with E-state index in [1.165, 1.54) is 7.11 Å². The molecule has 2 aromatic carbocycles. The normalized spacial score (nSPS) is 16.3. The standard InChI is InChI=1S/C22H20ClN3O3/c1-29-21(27)13-26-11-15-6-7-16(23)8-18(15)19(12-26)22(28)25-20-10-24-9-14-4-2-3-5-17(14)20/h2-10,19H,11-13H2,1H3,(H,25,28). The lowest BCUT2D eigenvalue weighted by atomic mass is 9.89. The highest BCUT2D eigenvalue weighted by atomic mass is 35.5. The molecule has 0 radical (unpaired) electrons. The van der Waals surface area contributed by atoms with Gasteiger partial charge in [-0.25, -0.2) is 0 Å². The van der Waals surface area contributed by atoms with Crippen LogP contribution in [-0.2, 0) is 20.9 Å². The van der Waals surface area contributed by atoms with Crippen molar-refractivity contribution in [3.63, 3.8) is 0 Å². The third kappa shape index (κ3) is 4.09. The number of hydrogen-bond donors (Lipinski definition) is 1. The van der Waals surface area contributed by atoms with Gasteiger partial charge in [0.2, 0.25) is 5.91 Å². The minimum Gasteiger partial charge on any atom is -0.468 e. The lowest BCUT2D eigenvalue weighted by Gasteiger charge is -2.33. The second-order valence-corrected chi connectivity index (χ2v) is 7.48. The van der Waals surface area contributed by atoms with Crippen LogP contribution in [0.3, 0.4) is 0 Å². The van der Waals surface area contributed by atoms with Gasteiger partial charge in [-0.05, 0) is 23.3 Å². The zero-order valence-corrected chi connectivity index (χ0v) is 16.6. The van der Waals surface area contributed by atoms with Crippen LogP contribution in [0.2, 0.25) is 5.02 Å². The third-order valence-corrected chi connectivity index (χ3v) is 5.38. The number of carbonyl (C=O) groups excluding carboxylic acids is 2. The fraction of sp³-hybridized carbons (Fsp3) is 0.227. The summed E-state index contributed by atoms with van der Waals surface area (Å²) in [6.07, 6.45) is 3.41. The summed E-state index contributed by atoms with van der Waals surface area (Å²) in [4.78, 5) is 31.2. The van der Waals surface area contributed by atoms with E-state index in [9.17, 15) is 9.59 Å². The molecule has 6 nitrogen and oxygen atoms in total. The second kappa shape index (κ2) is 8.19. The first-order valence-electron chi connectivity index (χ1n) is 9.26. The van der Waals surface area contributed by atoms with Gasteiger partial charge in [-0.2, -0.15) is 0 Å². The van der Waals surface area contributed by atoms with Gasteiger partial charge in [-0.1, -0.05) is 41.9 Å². The molecule has 1 aliphatic rings. The van der Waals surface area contributed by atoms with Crippen molar-refractivity contribution in [1.82, 2.24) is 9.88 Å². The zero-order chi connectivity index (χ0) is 20.4. The molecule has 1 atom stereocenters. The number of aromatic nitrogens is 1. The molecule has 1 unspecified atom stereocenters. The highest BCUT2D eigenvalue weighted by Gasteiger charge is 2.32. The molecule has 0 spiro atoms. The van der Waals surface area contributed by atoms with Crippen molar-refractivity contribution >= 4 is 39.9 Å². The lowest BCUT2D eigenvalue weighted by Crippen LogP contribution is -2.41. The molecule has 29 heavy (non-hydrogen) atoms. The van der Waals surface area contributed by atoms with Gasteiger partial charge in [0.25, 0.3) is 0 Å². The van der Waals surface area contributed by atoms with E-state index in [0.717, 1.165) is 21.9 Å². The minimum absolute atomic E-state index is 0.123. The number of nitrogens with one attached hydrogen (secondary N) is 1. The van der Waals surface area contributed by atoms with Crippen LogP contribution in [0.25, 0.3) is 10.8 Å². The van der Waals surface area contributed by atoms with Crippen LogP contribution >= 0.6 is 11.6 Å². The number of amides is 1. The second-order valence-electron chi connectivity index (χ2n) is 7.04. The van der Waals surface area contributed by atoms with Gasteiger partial charge in [0.1, 0.15) is 0 Å². The summed E-state index contributed by atoms with van der Waals surface area (Å²) < 4.78 is 4.79. The lowest BCUT2D eigenvalue weighted by molar-refractivity contribution is -0.142. The Kier molecular flexibility index (Phi) is 5.47. The summed E-state index contributed by atoms with van der Waals surface area (Å²) in [5.74, 6) is -0.970. The number of hydrogen-bond acceptors (Lipinski definition) is 5. The molecular formula is C22H20ClN3O3. The number of fused-ring (bicyclic) bond motifs is 2. The Morgan fingerprint density at radius 2 is 2.07 bits per heavy atom. The molecule has 1 aliphatic heterocycles. The van der Waals surface area contributed by atoms with Crippen molar-refractivity contribution in [1.29, 1.82) is 0 Å². The Bertz CT molecular complexity index is 1080. The summed E-state index contributed by atoms with van der Waals surface area (Å²) in [6.45, 7) is 1.08. The Morgan fingerprint density at radius 3 is 2.90 bits per heavy atom. The summed E-state index contributed by atoms with van der Waals surface area (Å²) in [5, 5.41) is 5.46. The maximum absolute atomic E-state index is 13.3. The maximum atomic E-state index is 13.3. The predicted molar refractivity (Wildman–Crippen MR) is 112 cm³/mol. The third-order valence-electron chi connectivity index (χ3n) is 5.14. The summed E-state index contributed by atoms with van der Waals surface area (Å²) in [5.41, 5.74) is 2.51. The van der Waals surface area contributed by atoms with Crippen LogP contribution < -0.4 is 5.32 Å². The smallest absolute Gasteiger partial charge is 0.319 e. The maximum Gasteiger partial charge on any atom is 0.319 e. The number of anilines is 1. The molecule has 0 fully saturated rings. The first-order chi connectivity index (χ1) is 14.0. The molecule has 1 aromatic heterocycles. The Labute approximate surface area is 173 Å². The Balaban J connectivity index is 1.65. The zero-order valence-electron chi connectivity index (χ0n) is 15.9. The number of pyridine rings is 1. The number of rotatable bonds is 4. The van der Waals surface area contributed by atoms with Crippen LogP contribution in [0.4, 0.5) is 5.69 Å². The van der Waals surface area contributed by atoms with Crippen molar-refractivity contribution in [3.8, 4) is 0 Å². The summed E-state index contributed by atoms with van der Waals surface area (Å²) in [7, 11) is 1.36. The topological polar surface area (TPSA) is 71.5 Å². The van der Waals surface area contributed by atoms with Gasteiger partial charge < -0.3 is 10.1 Å². The van der Waals surface area contributed by atoms with E-state index in [2.05, 4.69) is 10.3 Å². The highest BCUT2D eigenvalue weighted by Crippen LogP contribution is 2.32. The molecule has 0 bridgehead atoms. The van der Waals surface area contributed by atoms with Crippen molar-refractivity contribution in [2.24, 2.45) is 0 Å². The van der Waals surface area contributed by atoms with Gasteiger partial charge in [0.15, 0.2) is 0 Å². The first kappa shape index (κ1) is 19.4. The van der Waals surface area contributed by atoms with Gasteiger partial charge in [0.05, 0.1) is 31.5 Å². The van der Waals surface area contributed by atoms with Crippen LogP contribution in [0.5, 0.6) is 0 Å². The van der Waals surface area contributed by atoms with Gasteiger partial charge >= 0.3 is 5.97 Å². The van der Waals surface area contributed by atoms with Crippen molar-refractivity contribution in [2.75, 3.05) is 25.5 Å². The number of methoxy groups -OCH3 is 1. The molecule has 7 heteroatoms. The Hall–Kier alpha value is -2.96. The van der Waals surface area contributed by atoms with Crippen LogP contribution in [0.15, 0.2) is 54.9 Å². The van der Waals surface area contributed by atoms with Crippen molar-refractivity contribution in [3.05, 3.63) is 71.0 Å². The fourth-order valence-electron chi connectivity index (χ4n) is 3.72. The number of nitrogens with zero attached hydrogens (tertiary/aromatic N) is 2. The van der Waals surface area contributed by atoms with Gasteiger partial charge in [-0.15, -0.1) is 0 Å². The molecule has 3 aromatic rings. The molecule has 1 N–H and O–H groups in total. The molecular weight excluding hydrogens is 390 g/mol. The predicted octanol–water partition coefficient (Wildman–Crippen LogP) is 3.60. The van der Waals surface area contributed by atoms with E-state index in [1.54, 1.807) is 18.5 Å². The number of carbonyl (C=O) groups is 2. The molecule has 1 amide bonds. The quantitative estimate of drug-likeness (QED) is 0.666. The monoisotopic (exact) mass is 409 g/mol. The number of esters is 1. The molecule has 148 valence electrons. The average molecular weight is 410 g/mol. The molecule has 0 saturated carbocycles. The van der Waals surface area contributed by atoms with E-state index in [0.29, 0.717) is 23.8 Å². The van der Waals surface area contributed by atoms with Crippen LogP contribution in [0.1, 0.15) is 17.0 Å². The number of ether oxygens (including phenoxy) is 1. The van der Waals surface area contributed by atoms with E-state index in [1.807, 2.05) is 41.3 Å². The van der Waals surface area contributed by atoms with Crippen LogP contribution in [-0.4, -0.2) is 42.0 Å². The molecule has 4 rings (SSSR count). The van der Waals surface area contributed by atoms with E-state index < -0.39 is 5.92 Å². The van der Waals surface area contributed by atoms with Crippen molar-refractivity contribution < 1.29 is 14.3 Å². The van der Waals surface area contributed by atoms with E-state index in [4.69, 9.17) is 16.3 Å². The number of benzene rings is 2. The first-order valence-corrected chi connectivity index (χ1v) is 9.64. The molecule has 2 heterocycles. The number of halogens is 1. The SMILES string of the molecule is COC(=O)CN1Cc2ccc(Cl)cc2C(C(=O)Nc2cncc3ccccc23)C1. The van der Waals surface area contributed by atoms with E-state index >= 15 is 0 Å². The summed E-state index contributed by atoms with van der Waals surface area (Å²) in [6, 6.07) is 13.3. The largest absolute Gasteiger partial charge is 0.468 e. The average Bonchev–Trinajstić information content (AvgIpc) is 2.73. The van der Waals surface area contributed by atoms with Crippen LogP contribution in [0, 0.1) is 0 Å². The van der Waals surface area contributed by atoms with Gasteiger partial charge in [-0.3, -0.25) is 19.5 Å². The molecule has 0 aliphatic carbocycles. The molecule has 0 saturated heterocycles. The van der Waals surface area contributed by atoms with Crippen molar-refractivity contribution in [2.45, 2.75) is 12.5 Å². The highest BCUT2D eigenvalue weighted by molar-refractivity contribution is 6.30.